The average Bonchev–Trinajstić information content (AvgIpc) is 2.65. The molecule has 29 heavy (non-hydrogen) atoms. The molecule has 0 heterocycles. The number of amides is 1. The van der Waals surface area contributed by atoms with Gasteiger partial charge in [-0.1, -0.05) is 12.1 Å². The van der Waals surface area contributed by atoms with Crippen molar-refractivity contribution in [2.75, 3.05) is 23.7 Å². The number of carbonyl (C=O) groups excluding carboxylic acids is 1. The van der Waals surface area contributed by atoms with Crippen molar-refractivity contribution in [1.29, 1.82) is 0 Å². The second-order valence-electron chi connectivity index (χ2n) is 6.62. The Labute approximate surface area is 168 Å². The monoisotopic (exact) mass is 428 g/mol. The summed E-state index contributed by atoms with van der Waals surface area (Å²) in [5.41, 5.74) is 0.974. The molecule has 2 aromatic rings. The number of aryl methyl sites for hydroxylation is 1. The summed E-state index contributed by atoms with van der Waals surface area (Å²) < 4.78 is 64.2. The van der Waals surface area contributed by atoms with Crippen LogP contribution in [0.3, 0.4) is 0 Å². The van der Waals surface area contributed by atoms with Crippen molar-refractivity contribution in [1.82, 2.24) is 5.32 Å². The highest BCUT2D eigenvalue weighted by atomic mass is 32.2. The van der Waals surface area contributed by atoms with Gasteiger partial charge in [0.15, 0.2) is 11.6 Å². The fourth-order valence-electron chi connectivity index (χ4n) is 2.77. The zero-order valence-corrected chi connectivity index (χ0v) is 16.8. The summed E-state index contributed by atoms with van der Waals surface area (Å²) in [6, 6.07) is 8.99. The molecule has 5 nitrogen and oxygen atoms in total. The fourth-order valence-corrected chi connectivity index (χ4v) is 3.73. The molecule has 0 unspecified atom stereocenters. The van der Waals surface area contributed by atoms with Gasteiger partial charge in [0.25, 0.3) is 0 Å². The number of benzene rings is 2. The highest BCUT2D eigenvalue weighted by molar-refractivity contribution is 7.92. The van der Waals surface area contributed by atoms with Crippen LogP contribution in [0, 0.1) is 17.5 Å². The van der Waals surface area contributed by atoms with Gasteiger partial charge in [-0.15, -0.1) is 0 Å². The van der Waals surface area contributed by atoms with E-state index in [0.717, 1.165) is 28.3 Å². The molecule has 158 valence electrons. The lowest BCUT2D eigenvalue weighted by Gasteiger charge is -2.22. The zero-order chi connectivity index (χ0) is 21.4. The van der Waals surface area contributed by atoms with E-state index in [1.165, 1.54) is 18.2 Å². The van der Waals surface area contributed by atoms with Crippen LogP contribution in [0.25, 0.3) is 0 Å². The quantitative estimate of drug-likeness (QED) is 0.590. The molecule has 0 saturated heterocycles. The standard InChI is InChI=1S/C20H23F3N2O3S/c1-29(27,28)25(17-10-11-18(22)19(23)14-17)13-3-5-20(26)24-12-2-4-15-6-8-16(21)9-7-15/h6-11,14H,2-5,12-13H2,1H3,(H,24,26). The molecule has 0 aromatic heterocycles. The van der Waals surface area contributed by atoms with Crippen LogP contribution in [-0.2, 0) is 21.2 Å². The summed E-state index contributed by atoms with van der Waals surface area (Å²) >= 11 is 0. The predicted octanol–water partition coefficient (Wildman–Crippen LogP) is 3.40. The Morgan fingerprint density at radius 3 is 2.31 bits per heavy atom. The summed E-state index contributed by atoms with van der Waals surface area (Å²) in [6.45, 7) is 0.405. The average molecular weight is 428 g/mol. The minimum atomic E-state index is -3.71. The van der Waals surface area contributed by atoms with E-state index >= 15 is 0 Å². The highest BCUT2D eigenvalue weighted by Gasteiger charge is 2.19. The molecule has 0 aliphatic heterocycles. The maximum absolute atomic E-state index is 13.4. The van der Waals surface area contributed by atoms with Gasteiger partial charge in [0.1, 0.15) is 5.82 Å². The van der Waals surface area contributed by atoms with Gasteiger partial charge in [0, 0.05) is 25.6 Å². The van der Waals surface area contributed by atoms with Gasteiger partial charge in [0.2, 0.25) is 15.9 Å². The summed E-state index contributed by atoms with van der Waals surface area (Å²) in [5.74, 6) is -2.74. The fraction of sp³-hybridized carbons (Fsp3) is 0.350. The van der Waals surface area contributed by atoms with Gasteiger partial charge in [-0.05, 0) is 49.1 Å². The molecule has 0 aliphatic carbocycles. The molecule has 1 N–H and O–H groups in total. The number of carbonyl (C=O) groups is 1. The van der Waals surface area contributed by atoms with Crippen LogP contribution in [0.2, 0.25) is 0 Å². The lowest BCUT2D eigenvalue weighted by atomic mass is 10.1. The predicted molar refractivity (Wildman–Crippen MR) is 106 cm³/mol. The molecule has 1 amide bonds. The topological polar surface area (TPSA) is 66.5 Å². The second kappa shape index (κ2) is 10.3. The Morgan fingerprint density at radius 1 is 1.00 bits per heavy atom. The van der Waals surface area contributed by atoms with E-state index in [9.17, 15) is 26.4 Å². The first kappa shape index (κ1) is 22.7. The van der Waals surface area contributed by atoms with Crippen molar-refractivity contribution < 1.29 is 26.4 Å². The number of anilines is 1. The van der Waals surface area contributed by atoms with Crippen LogP contribution >= 0.6 is 0 Å². The van der Waals surface area contributed by atoms with E-state index < -0.39 is 21.7 Å². The largest absolute Gasteiger partial charge is 0.356 e. The molecular formula is C20H23F3N2O3S. The molecule has 0 aliphatic rings. The molecule has 0 saturated carbocycles. The van der Waals surface area contributed by atoms with E-state index in [1.807, 2.05) is 0 Å². The maximum atomic E-state index is 13.4. The van der Waals surface area contributed by atoms with Gasteiger partial charge in [-0.3, -0.25) is 9.10 Å². The highest BCUT2D eigenvalue weighted by Crippen LogP contribution is 2.21. The van der Waals surface area contributed by atoms with E-state index in [0.29, 0.717) is 19.4 Å². The van der Waals surface area contributed by atoms with Crippen molar-refractivity contribution in [3.63, 3.8) is 0 Å². The van der Waals surface area contributed by atoms with Crippen LogP contribution < -0.4 is 9.62 Å². The normalized spacial score (nSPS) is 11.3. The van der Waals surface area contributed by atoms with Gasteiger partial charge in [0.05, 0.1) is 11.9 Å². The van der Waals surface area contributed by atoms with Crippen molar-refractivity contribution in [2.24, 2.45) is 0 Å². The maximum Gasteiger partial charge on any atom is 0.232 e. The second-order valence-corrected chi connectivity index (χ2v) is 8.52. The number of sulfonamides is 1. The third kappa shape index (κ3) is 7.41. The molecule has 0 spiro atoms. The molecule has 9 heteroatoms. The number of rotatable bonds is 10. The van der Waals surface area contributed by atoms with Crippen LogP contribution in [0.4, 0.5) is 18.9 Å². The Bertz CT molecular complexity index is 934. The van der Waals surface area contributed by atoms with Gasteiger partial charge in [-0.25, -0.2) is 21.6 Å². The SMILES string of the molecule is CS(=O)(=O)N(CCCC(=O)NCCCc1ccc(F)cc1)c1ccc(F)c(F)c1. The first-order valence-electron chi connectivity index (χ1n) is 9.11. The summed E-state index contributed by atoms with van der Waals surface area (Å²) in [5, 5.41) is 2.74. The van der Waals surface area contributed by atoms with E-state index in [4.69, 9.17) is 0 Å². The Hall–Kier alpha value is -2.55. The molecule has 0 atom stereocenters. The van der Waals surface area contributed by atoms with Crippen molar-refractivity contribution in [3.05, 3.63) is 65.5 Å². The zero-order valence-electron chi connectivity index (χ0n) is 16.0. The lowest BCUT2D eigenvalue weighted by Crippen LogP contribution is -2.32. The molecular weight excluding hydrogens is 405 g/mol. The van der Waals surface area contributed by atoms with E-state index in [-0.39, 0.29) is 36.8 Å². The molecule has 0 radical (unpaired) electrons. The number of hydrogen-bond donors (Lipinski definition) is 1. The van der Waals surface area contributed by atoms with Crippen molar-refractivity contribution in [3.8, 4) is 0 Å². The van der Waals surface area contributed by atoms with Crippen molar-refractivity contribution >= 4 is 21.6 Å². The van der Waals surface area contributed by atoms with Crippen LogP contribution in [0.1, 0.15) is 24.8 Å². The van der Waals surface area contributed by atoms with Crippen LogP contribution in [0.15, 0.2) is 42.5 Å². The number of halogens is 3. The molecule has 2 aromatic carbocycles. The summed E-state index contributed by atoms with van der Waals surface area (Å²) in [4.78, 5) is 11.9. The third-order valence-corrected chi connectivity index (χ3v) is 5.43. The number of nitrogens with zero attached hydrogens (tertiary/aromatic N) is 1. The minimum Gasteiger partial charge on any atom is -0.356 e. The first-order valence-corrected chi connectivity index (χ1v) is 11.0. The van der Waals surface area contributed by atoms with Gasteiger partial charge >= 0.3 is 0 Å². The summed E-state index contributed by atoms with van der Waals surface area (Å²) in [7, 11) is -3.71. The Kier molecular flexibility index (Phi) is 8.07. The third-order valence-electron chi connectivity index (χ3n) is 4.23. The van der Waals surface area contributed by atoms with Crippen LogP contribution in [-0.4, -0.2) is 33.7 Å². The summed E-state index contributed by atoms with van der Waals surface area (Å²) in [6.07, 6.45) is 2.64. The van der Waals surface area contributed by atoms with E-state index in [2.05, 4.69) is 5.32 Å². The Balaban J connectivity index is 1.77. The van der Waals surface area contributed by atoms with Crippen molar-refractivity contribution in [2.45, 2.75) is 25.7 Å². The van der Waals surface area contributed by atoms with Gasteiger partial charge < -0.3 is 5.32 Å². The van der Waals surface area contributed by atoms with Gasteiger partial charge in [-0.2, -0.15) is 0 Å². The number of hydrogen-bond acceptors (Lipinski definition) is 3. The molecule has 0 bridgehead atoms. The van der Waals surface area contributed by atoms with E-state index in [1.54, 1.807) is 12.1 Å². The minimum absolute atomic E-state index is 0.00565. The first-order chi connectivity index (χ1) is 13.7. The Morgan fingerprint density at radius 2 is 1.69 bits per heavy atom. The molecule has 2 rings (SSSR count). The molecule has 0 fully saturated rings. The lowest BCUT2D eigenvalue weighted by molar-refractivity contribution is -0.121. The smallest absolute Gasteiger partial charge is 0.232 e. The van der Waals surface area contributed by atoms with Crippen LogP contribution in [0.5, 0.6) is 0 Å². The number of nitrogens with one attached hydrogen (secondary N) is 1.